The van der Waals surface area contributed by atoms with Gasteiger partial charge in [-0.15, -0.1) is 0 Å². The second-order valence-corrected chi connectivity index (χ2v) is 7.78. The van der Waals surface area contributed by atoms with Crippen molar-refractivity contribution in [2.24, 2.45) is 0 Å². The van der Waals surface area contributed by atoms with Crippen LogP contribution in [-0.4, -0.2) is 33.3 Å². The van der Waals surface area contributed by atoms with Gasteiger partial charge in [-0.3, -0.25) is 4.79 Å². The first-order valence-electron chi connectivity index (χ1n) is 9.46. The number of methoxy groups -OCH3 is 1. The van der Waals surface area contributed by atoms with Crippen molar-refractivity contribution in [3.63, 3.8) is 0 Å². The number of furan rings is 1. The zero-order valence-electron chi connectivity index (χ0n) is 17.0. The topological polar surface area (TPSA) is 82.2 Å². The van der Waals surface area contributed by atoms with Gasteiger partial charge in [0.15, 0.2) is 0 Å². The first kappa shape index (κ1) is 20.0. The Morgan fingerprint density at radius 1 is 1.20 bits per heavy atom. The summed E-state index contributed by atoms with van der Waals surface area (Å²) in [6.45, 7) is 4.72. The van der Waals surface area contributed by atoms with E-state index in [1.807, 2.05) is 36.4 Å². The van der Waals surface area contributed by atoms with Gasteiger partial charge in [0.25, 0.3) is 0 Å². The molecule has 0 radical (unpaired) electrons. The molecule has 0 atom stereocenters. The van der Waals surface area contributed by atoms with Gasteiger partial charge >= 0.3 is 0 Å². The van der Waals surface area contributed by atoms with E-state index in [2.05, 4.69) is 33.7 Å². The van der Waals surface area contributed by atoms with E-state index in [1.54, 1.807) is 19.7 Å². The molecule has 1 N–H and O–H groups in total. The van der Waals surface area contributed by atoms with E-state index in [9.17, 15) is 4.79 Å². The lowest BCUT2D eigenvalue weighted by molar-refractivity contribution is -0.113. The average molecular weight is 423 g/mol. The maximum Gasteiger partial charge on any atom is 0.234 e. The van der Waals surface area contributed by atoms with E-state index in [1.165, 1.54) is 11.8 Å². The molecule has 0 aliphatic carbocycles. The number of nitrogens with zero attached hydrogens (tertiary/aromatic N) is 3. The molecule has 8 heteroatoms. The number of carbonyl (C=O) groups excluding carboxylic acids is 1. The number of hydrogen-bond donors (Lipinski definition) is 1. The van der Waals surface area contributed by atoms with Crippen LogP contribution in [0.15, 0.2) is 58.4 Å². The number of thioether (sulfide) groups is 1. The minimum Gasteiger partial charge on any atom is -0.497 e. The largest absolute Gasteiger partial charge is 0.497 e. The number of nitrogens with one attached hydrogen (secondary N) is 1. The summed E-state index contributed by atoms with van der Waals surface area (Å²) in [6, 6.07) is 11.1. The van der Waals surface area contributed by atoms with E-state index in [4.69, 9.17) is 9.15 Å². The third kappa shape index (κ3) is 4.04. The van der Waals surface area contributed by atoms with E-state index in [0.717, 1.165) is 44.5 Å². The Bertz CT molecular complexity index is 1170. The van der Waals surface area contributed by atoms with Gasteiger partial charge in [0.1, 0.15) is 28.5 Å². The average Bonchev–Trinajstić information content (AvgIpc) is 3.36. The maximum atomic E-state index is 12.4. The fourth-order valence-electron chi connectivity index (χ4n) is 3.30. The van der Waals surface area contributed by atoms with Gasteiger partial charge < -0.3 is 19.0 Å². The van der Waals surface area contributed by atoms with Crippen molar-refractivity contribution in [3.8, 4) is 5.75 Å². The van der Waals surface area contributed by atoms with Gasteiger partial charge in [-0.1, -0.05) is 11.8 Å². The standard InChI is InChI=1S/C22H22N4O3S/c1-14-15(2)26(11-18-5-4-10-29-18)21-20(14)22(24-13-23-21)30-12-19(27)25-16-6-8-17(28-3)9-7-16/h4-10,13H,11-12H2,1-3H3,(H,25,27). The third-order valence-electron chi connectivity index (χ3n) is 4.98. The van der Waals surface area contributed by atoms with E-state index >= 15 is 0 Å². The predicted octanol–water partition coefficient (Wildman–Crippen LogP) is 4.43. The molecule has 0 aliphatic rings. The highest BCUT2D eigenvalue weighted by atomic mass is 32.2. The number of aryl methyl sites for hydroxylation is 1. The van der Waals surface area contributed by atoms with Crippen molar-refractivity contribution in [2.45, 2.75) is 25.4 Å². The molecule has 4 aromatic rings. The number of rotatable bonds is 7. The summed E-state index contributed by atoms with van der Waals surface area (Å²) in [4.78, 5) is 21.4. The summed E-state index contributed by atoms with van der Waals surface area (Å²) in [5, 5.41) is 4.67. The van der Waals surface area contributed by atoms with Crippen LogP contribution in [0.4, 0.5) is 5.69 Å². The van der Waals surface area contributed by atoms with Crippen LogP contribution < -0.4 is 10.1 Å². The SMILES string of the molecule is COc1ccc(NC(=O)CSc2ncnc3c2c(C)c(C)n3Cc2ccco2)cc1. The van der Waals surface area contributed by atoms with Crippen molar-refractivity contribution in [2.75, 3.05) is 18.2 Å². The van der Waals surface area contributed by atoms with Crippen molar-refractivity contribution < 1.29 is 13.9 Å². The second kappa shape index (κ2) is 8.62. The fraction of sp³-hybridized carbons (Fsp3) is 0.227. The van der Waals surface area contributed by atoms with Crippen LogP contribution in [0.25, 0.3) is 11.0 Å². The molecule has 3 heterocycles. The summed E-state index contributed by atoms with van der Waals surface area (Å²) in [6.07, 6.45) is 3.21. The summed E-state index contributed by atoms with van der Waals surface area (Å²) in [5.41, 5.74) is 3.78. The highest BCUT2D eigenvalue weighted by Gasteiger charge is 2.18. The van der Waals surface area contributed by atoms with Gasteiger partial charge in [-0.2, -0.15) is 0 Å². The van der Waals surface area contributed by atoms with Crippen molar-refractivity contribution >= 4 is 34.4 Å². The number of fused-ring (bicyclic) bond motifs is 1. The van der Waals surface area contributed by atoms with Gasteiger partial charge in [0.05, 0.1) is 31.1 Å². The van der Waals surface area contributed by atoms with Crippen LogP contribution in [0.3, 0.4) is 0 Å². The zero-order chi connectivity index (χ0) is 21.1. The molecule has 30 heavy (non-hydrogen) atoms. The Balaban J connectivity index is 1.52. The first-order chi connectivity index (χ1) is 14.6. The Morgan fingerprint density at radius 3 is 2.70 bits per heavy atom. The quantitative estimate of drug-likeness (QED) is 0.350. The van der Waals surface area contributed by atoms with Crippen LogP contribution in [0.2, 0.25) is 0 Å². The Morgan fingerprint density at radius 2 is 2.00 bits per heavy atom. The molecule has 0 saturated heterocycles. The molecular weight excluding hydrogens is 400 g/mol. The lowest BCUT2D eigenvalue weighted by Crippen LogP contribution is -2.14. The van der Waals surface area contributed by atoms with Gasteiger partial charge in [0, 0.05) is 11.4 Å². The number of aromatic nitrogens is 3. The monoisotopic (exact) mass is 422 g/mol. The Labute approximate surface area is 178 Å². The summed E-state index contributed by atoms with van der Waals surface area (Å²) in [7, 11) is 1.61. The Hall–Kier alpha value is -3.26. The number of benzene rings is 1. The number of amides is 1. The predicted molar refractivity (Wildman–Crippen MR) is 117 cm³/mol. The number of anilines is 1. The van der Waals surface area contributed by atoms with E-state index in [0.29, 0.717) is 6.54 Å². The molecular formula is C22H22N4O3S. The van der Waals surface area contributed by atoms with Crippen molar-refractivity contribution in [1.82, 2.24) is 14.5 Å². The van der Waals surface area contributed by atoms with Crippen molar-refractivity contribution in [3.05, 3.63) is 66.0 Å². The van der Waals surface area contributed by atoms with E-state index < -0.39 is 0 Å². The van der Waals surface area contributed by atoms with Crippen LogP contribution in [0, 0.1) is 13.8 Å². The minimum absolute atomic E-state index is 0.0960. The zero-order valence-corrected chi connectivity index (χ0v) is 17.8. The molecule has 4 rings (SSSR count). The van der Waals surface area contributed by atoms with Crippen LogP contribution in [0.1, 0.15) is 17.0 Å². The molecule has 7 nitrogen and oxygen atoms in total. The minimum atomic E-state index is -0.0960. The molecule has 0 fully saturated rings. The molecule has 1 aromatic carbocycles. The molecule has 3 aromatic heterocycles. The molecule has 1 amide bonds. The molecule has 154 valence electrons. The highest BCUT2D eigenvalue weighted by molar-refractivity contribution is 8.00. The van der Waals surface area contributed by atoms with Crippen LogP contribution in [-0.2, 0) is 11.3 Å². The molecule has 0 bridgehead atoms. The Kier molecular flexibility index (Phi) is 5.76. The molecule has 0 saturated carbocycles. The van der Waals surface area contributed by atoms with Crippen molar-refractivity contribution in [1.29, 1.82) is 0 Å². The summed E-state index contributed by atoms with van der Waals surface area (Å²) < 4.78 is 12.8. The number of carbonyl (C=O) groups is 1. The van der Waals surface area contributed by atoms with Crippen LogP contribution >= 0.6 is 11.8 Å². The highest BCUT2D eigenvalue weighted by Crippen LogP contribution is 2.32. The van der Waals surface area contributed by atoms with Crippen LogP contribution in [0.5, 0.6) is 5.75 Å². The van der Waals surface area contributed by atoms with Gasteiger partial charge in [-0.05, 0) is 55.8 Å². The number of ether oxygens (including phenoxy) is 1. The molecule has 0 aliphatic heterocycles. The van der Waals surface area contributed by atoms with Gasteiger partial charge in [0.2, 0.25) is 5.91 Å². The maximum absolute atomic E-state index is 12.4. The smallest absolute Gasteiger partial charge is 0.234 e. The molecule has 0 unspecified atom stereocenters. The second-order valence-electron chi connectivity index (χ2n) is 6.82. The lowest BCUT2D eigenvalue weighted by atomic mass is 10.2. The summed E-state index contributed by atoms with van der Waals surface area (Å²) in [5.74, 6) is 1.76. The number of hydrogen-bond acceptors (Lipinski definition) is 6. The summed E-state index contributed by atoms with van der Waals surface area (Å²) >= 11 is 1.40. The van der Waals surface area contributed by atoms with E-state index in [-0.39, 0.29) is 11.7 Å². The lowest BCUT2D eigenvalue weighted by Gasteiger charge is -2.07. The first-order valence-corrected chi connectivity index (χ1v) is 10.4. The van der Waals surface area contributed by atoms with Gasteiger partial charge in [-0.25, -0.2) is 9.97 Å². The third-order valence-corrected chi connectivity index (χ3v) is 5.97. The fourth-order valence-corrected chi connectivity index (χ4v) is 4.15. The molecule has 0 spiro atoms. The normalized spacial score (nSPS) is 11.0.